The first-order valence-electron chi connectivity index (χ1n) is 13.7. The van der Waals surface area contributed by atoms with Crippen LogP contribution in [0.2, 0.25) is 10.0 Å². The van der Waals surface area contributed by atoms with E-state index in [0.29, 0.717) is 10.6 Å². The number of carbonyl (C=O) groups excluding carboxylic acids is 2. The summed E-state index contributed by atoms with van der Waals surface area (Å²) in [6.07, 6.45) is 6.27. The molecule has 3 aromatic rings. The number of sulfonamides is 1. The third-order valence-corrected chi connectivity index (χ3v) is 9.14. The molecule has 0 spiro atoms. The summed E-state index contributed by atoms with van der Waals surface area (Å²) in [5, 5.41) is 3.82. The van der Waals surface area contributed by atoms with Gasteiger partial charge in [-0.2, -0.15) is 0 Å². The minimum absolute atomic E-state index is 0.0220. The van der Waals surface area contributed by atoms with Crippen LogP contribution < -0.4 is 9.62 Å². The zero-order valence-corrected chi connectivity index (χ0v) is 25.3. The van der Waals surface area contributed by atoms with Crippen LogP contribution in [-0.2, 0) is 32.6 Å². The van der Waals surface area contributed by atoms with Gasteiger partial charge in [-0.15, -0.1) is 0 Å². The zero-order valence-electron chi connectivity index (χ0n) is 23.0. The molecule has 1 atom stereocenters. The molecule has 1 N–H and O–H groups in total. The predicted molar refractivity (Wildman–Crippen MR) is 165 cm³/mol. The highest BCUT2D eigenvalue weighted by Crippen LogP contribution is 2.28. The third-order valence-electron chi connectivity index (χ3n) is 7.32. The Kier molecular flexibility index (Phi) is 10.7. The highest BCUT2D eigenvalue weighted by Gasteiger charge is 2.34. The standard InChI is InChI=1S/C31H35Cl2N3O4S/c1-41(39,40)36(28-19-11-10-18-27(28)33)22-30(37)35(21-24-14-8-9-17-26(24)32)29(20-23-12-4-2-5-13-23)31(38)34-25-15-6-3-7-16-25/h2,4-5,8-14,17-19,25,29H,3,6-7,15-16,20-22H2,1H3,(H,34,38)/t29-/m1/s1. The number of carbonyl (C=O) groups is 2. The molecule has 0 heterocycles. The predicted octanol–water partition coefficient (Wildman–Crippen LogP) is 5.85. The summed E-state index contributed by atoms with van der Waals surface area (Å²) >= 11 is 12.9. The molecule has 1 aliphatic rings. The van der Waals surface area contributed by atoms with Crippen molar-refractivity contribution in [2.75, 3.05) is 17.1 Å². The molecule has 1 aliphatic carbocycles. The molecular weight excluding hydrogens is 581 g/mol. The van der Waals surface area contributed by atoms with Gasteiger partial charge in [-0.3, -0.25) is 13.9 Å². The Bertz CT molecular complexity index is 1450. The fraction of sp³-hybridized carbons (Fsp3) is 0.355. The molecule has 0 aliphatic heterocycles. The number of hydrogen-bond donors (Lipinski definition) is 1. The van der Waals surface area contributed by atoms with Crippen molar-refractivity contribution < 1.29 is 18.0 Å². The monoisotopic (exact) mass is 615 g/mol. The Balaban J connectivity index is 1.74. The highest BCUT2D eigenvalue weighted by atomic mass is 35.5. The summed E-state index contributed by atoms with van der Waals surface area (Å²) in [6.45, 7) is -0.511. The van der Waals surface area contributed by atoms with Gasteiger partial charge >= 0.3 is 0 Å². The molecule has 0 saturated heterocycles. The van der Waals surface area contributed by atoms with Crippen LogP contribution in [0, 0.1) is 0 Å². The molecule has 0 aromatic heterocycles. The average Bonchev–Trinajstić information content (AvgIpc) is 2.95. The van der Waals surface area contributed by atoms with Crippen LogP contribution >= 0.6 is 23.2 Å². The molecule has 0 unspecified atom stereocenters. The second-order valence-electron chi connectivity index (χ2n) is 10.4. The number of halogens is 2. The number of rotatable bonds is 11. The van der Waals surface area contributed by atoms with Crippen molar-refractivity contribution in [2.24, 2.45) is 0 Å². The number of benzene rings is 3. The van der Waals surface area contributed by atoms with Crippen molar-refractivity contribution in [1.82, 2.24) is 10.2 Å². The molecule has 218 valence electrons. The molecule has 4 rings (SSSR count). The van der Waals surface area contributed by atoms with Gasteiger partial charge in [0.25, 0.3) is 0 Å². The molecule has 10 heteroatoms. The fourth-order valence-electron chi connectivity index (χ4n) is 5.16. The summed E-state index contributed by atoms with van der Waals surface area (Å²) < 4.78 is 26.8. The van der Waals surface area contributed by atoms with Crippen LogP contribution in [0.1, 0.15) is 43.2 Å². The first kappa shape index (κ1) is 30.9. The maximum Gasteiger partial charge on any atom is 0.244 e. The molecule has 2 amide bonds. The Labute approximate surface area is 252 Å². The van der Waals surface area contributed by atoms with Crippen LogP contribution in [-0.4, -0.2) is 50.0 Å². The van der Waals surface area contributed by atoms with Crippen LogP contribution in [0.4, 0.5) is 5.69 Å². The maximum absolute atomic E-state index is 14.2. The first-order valence-corrected chi connectivity index (χ1v) is 16.3. The van der Waals surface area contributed by atoms with Gasteiger partial charge in [0.15, 0.2) is 0 Å². The maximum atomic E-state index is 14.2. The minimum Gasteiger partial charge on any atom is -0.352 e. The van der Waals surface area contributed by atoms with Gasteiger partial charge in [0.05, 0.1) is 17.0 Å². The zero-order chi connectivity index (χ0) is 29.4. The second kappa shape index (κ2) is 14.2. The molecule has 0 radical (unpaired) electrons. The van der Waals surface area contributed by atoms with E-state index >= 15 is 0 Å². The van der Waals surface area contributed by atoms with Crippen LogP contribution in [0.5, 0.6) is 0 Å². The quantitative estimate of drug-likeness (QED) is 0.293. The second-order valence-corrected chi connectivity index (χ2v) is 13.1. The topological polar surface area (TPSA) is 86.8 Å². The van der Waals surface area contributed by atoms with E-state index in [-0.39, 0.29) is 35.6 Å². The molecule has 7 nitrogen and oxygen atoms in total. The van der Waals surface area contributed by atoms with Crippen molar-refractivity contribution in [3.8, 4) is 0 Å². The van der Waals surface area contributed by atoms with E-state index in [1.165, 1.54) is 4.90 Å². The number of para-hydroxylation sites is 1. The van der Waals surface area contributed by atoms with Crippen molar-refractivity contribution >= 4 is 50.7 Å². The van der Waals surface area contributed by atoms with E-state index in [1.807, 2.05) is 36.4 Å². The van der Waals surface area contributed by atoms with Gasteiger partial charge in [-0.25, -0.2) is 8.42 Å². The minimum atomic E-state index is -3.90. The lowest BCUT2D eigenvalue weighted by atomic mass is 9.94. The molecular formula is C31H35Cl2N3O4S. The molecule has 1 saturated carbocycles. The molecule has 3 aromatic carbocycles. The van der Waals surface area contributed by atoms with E-state index in [1.54, 1.807) is 42.5 Å². The number of anilines is 1. The van der Waals surface area contributed by atoms with Gasteiger partial charge in [-0.05, 0) is 42.2 Å². The fourth-order valence-corrected chi connectivity index (χ4v) is 6.50. The van der Waals surface area contributed by atoms with E-state index in [9.17, 15) is 18.0 Å². The van der Waals surface area contributed by atoms with Gasteiger partial charge in [0.1, 0.15) is 12.6 Å². The third kappa shape index (κ3) is 8.47. The summed E-state index contributed by atoms with van der Waals surface area (Å²) in [4.78, 5) is 29.6. The van der Waals surface area contributed by atoms with E-state index in [0.717, 1.165) is 48.2 Å². The molecule has 0 bridgehead atoms. The van der Waals surface area contributed by atoms with Crippen LogP contribution in [0.3, 0.4) is 0 Å². The number of hydrogen-bond acceptors (Lipinski definition) is 4. The van der Waals surface area contributed by atoms with Crippen LogP contribution in [0.25, 0.3) is 0 Å². The average molecular weight is 617 g/mol. The number of nitrogens with zero attached hydrogens (tertiary/aromatic N) is 2. The Morgan fingerprint density at radius 3 is 2.12 bits per heavy atom. The first-order chi connectivity index (χ1) is 19.6. The van der Waals surface area contributed by atoms with Crippen molar-refractivity contribution in [3.63, 3.8) is 0 Å². The lowest BCUT2D eigenvalue weighted by molar-refractivity contribution is -0.140. The summed E-state index contributed by atoms with van der Waals surface area (Å²) in [6, 6.07) is 22.2. The van der Waals surface area contributed by atoms with E-state index in [2.05, 4.69) is 5.32 Å². The SMILES string of the molecule is CS(=O)(=O)N(CC(=O)N(Cc1ccccc1Cl)[C@H](Cc1ccccc1)C(=O)NC1CCCCC1)c1ccccc1Cl. The van der Waals surface area contributed by atoms with Gasteiger partial charge in [0.2, 0.25) is 21.8 Å². The Morgan fingerprint density at radius 1 is 0.878 bits per heavy atom. The number of nitrogens with one attached hydrogen (secondary N) is 1. The summed E-state index contributed by atoms with van der Waals surface area (Å²) in [5.74, 6) is -0.820. The van der Waals surface area contributed by atoms with Crippen molar-refractivity contribution in [1.29, 1.82) is 0 Å². The smallest absolute Gasteiger partial charge is 0.244 e. The van der Waals surface area contributed by atoms with Gasteiger partial charge in [0, 0.05) is 24.0 Å². The lowest BCUT2D eigenvalue weighted by Gasteiger charge is -2.35. The van der Waals surface area contributed by atoms with Crippen molar-refractivity contribution in [2.45, 2.75) is 57.2 Å². The van der Waals surface area contributed by atoms with Crippen LogP contribution in [0.15, 0.2) is 78.9 Å². The van der Waals surface area contributed by atoms with Gasteiger partial charge in [-0.1, -0.05) is 103 Å². The van der Waals surface area contributed by atoms with Crippen molar-refractivity contribution in [3.05, 3.63) is 100 Å². The molecule has 41 heavy (non-hydrogen) atoms. The number of amides is 2. The van der Waals surface area contributed by atoms with E-state index < -0.39 is 28.5 Å². The Morgan fingerprint density at radius 2 is 1.49 bits per heavy atom. The summed E-state index contributed by atoms with van der Waals surface area (Å²) in [7, 11) is -3.90. The lowest BCUT2D eigenvalue weighted by Crippen LogP contribution is -2.55. The largest absolute Gasteiger partial charge is 0.352 e. The Hall–Kier alpha value is -3.07. The normalized spacial score (nSPS) is 14.7. The highest BCUT2D eigenvalue weighted by molar-refractivity contribution is 7.92. The summed E-state index contributed by atoms with van der Waals surface area (Å²) in [5.41, 5.74) is 1.71. The van der Waals surface area contributed by atoms with E-state index in [4.69, 9.17) is 23.2 Å². The molecule has 1 fully saturated rings. The van der Waals surface area contributed by atoms with Gasteiger partial charge < -0.3 is 10.2 Å².